The second-order valence-corrected chi connectivity index (χ2v) is 9.55. The molecule has 0 aromatic heterocycles. The Bertz CT molecular complexity index is 1160. The Labute approximate surface area is 200 Å². The molecule has 0 fully saturated rings. The molecule has 2 amide bonds. The predicted octanol–water partition coefficient (Wildman–Crippen LogP) is 4.92. The zero-order valence-corrected chi connectivity index (χ0v) is 19.9. The van der Waals surface area contributed by atoms with Crippen LogP contribution in [0.15, 0.2) is 78.9 Å². The Morgan fingerprint density at radius 2 is 1.53 bits per heavy atom. The van der Waals surface area contributed by atoms with E-state index in [9.17, 15) is 14.4 Å². The van der Waals surface area contributed by atoms with Crippen LogP contribution >= 0.6 is 0 Å². The summed E-state index contributed by atoms with van der Waals surface area (Å²) in [6.07, 6.45) is 1.28. The first-order valence-electron chi connectivity index (χ1n) is 11.6. The molecule has 1 aliphatic rings. The molecule has 34 heavy (non-hydrogen) atoms. The Morgan fingerprint density at radius 3 is 2.12 bits per heavy atom. The third-order valence-corrected chi connectivity index (χ3v) is 6.57. The average Bonchev–Trinajstić information content (AvgIpc) is 2.85. The standard InChI is InChI=1S/C29H30N2O3/c1-29(2)17-16-25(32)23-18-22(14-15-24(23)29)28(34)31(3)19-26(33)30-27(20-10-6-4-7-11-20)21-12-8-5-9-13-21/h4-15,18,27H,16-17,19H2,1-3H3,(H,30,33). The van der Waals surface area contributed by atoms with Crippen LogP contribution in [0.2, 0.25) is 0 Å². The van der Waals surface area contributed by atoms with Crippen molar-refractivity contribution in [1.29, 1.82) is 0 Å². The first-order chi connectivity index (χ1) is 16.3. The molecule has 0 bridgehead atoms. The van der Waals surface area contributed by atoms with Crippen LogP contribution in [0.25, 0.3) is 0 Å². The number of hydrogen-bond acceptors (Lipinski definition) is 3. The second-order valence-electron chi connectivity index (χ2n) is 9.55. The topological polar surface area (TPSA) is 66.5 Å². The summed E-state index contributed by atoms with van der Waals surface area (Å²) in [5, 5.41) is 3.07. The lowest BCUT2D eigenvalue weighted by Crippen LogP contribution is -2.40. The Hall–Kier alpha value is -3.73. The largest absolute Gasteiger partial charge is 0.344 e. The summed E-state index contributed by atoms with van der Waals surface area (Å²) in [6, 6.07) is 24.5. The van der Waals surface area contributed by atoms with Crippen molar-refractivity contribution >= 4 is 17.6 Å². The molecule has 0 spiro atoms. The molecule has 0 saturated heterocycles. The molecule has 1 aliphatic carbocycles. The van der Waals surface area contributed by atoms with Crippen molar-refractivity contribution in [3.8, 4) is 0 Å². The normalized spacial score (nSPS) is 14.4. The van der Waals surface area contributed by atoms with Gasteiger partial charge in [-0.2, -0.15) is 0 Å². The monoisotopic (exact) mass is 454 g/mol. The van der Waals surface area contributed by atoms with Gasteiger partial charge in [-0.3, -0.25) is 14.4 Å². The van der Waals surface area contributed by atoms with Gasteiger partial charge in [0.25, 0.3) is 5.91 Å². The lowest BCUT2D eigenvalue weighted by molar-refractivity contribution is -0.122. The number of ketones is 1. The van der Waals surface area contributed by atoms with E-state index in [-0.39, 0.29) is 35.6 Å². The van der Waals surface area contributed by atoms with Crippen molar-refractivity contribution in [3.05, 3.63) is 107 Å². The summed E-state index contributed by atoms with van der Waals surface area (Å²) in [5.74, 6) is -0.480. The van der Waals surface area contributed by atoms with Crippen LogP contribution in [-0.4, -0.2) is 36.1 Å². The van der Waals surface area contributed by atoms with E-state index in [0.717, 1.165) is 23.1 Å². The number of nitrogens with zero attached hydrogens (tertiary/aromatic N) is 1. The van der Waals surface area contributed by atoms with E-state index >= 15 is 0 Å². The number of amides is 2. The molecule has 0 heterocycles. The van der Waals surface area contributed by atoms with Crippen molar-refractivity contribution in [3.63, 3.8) is 0 Å². The summed E-state index contributed by atoms with van der Waals surface area (Å²) in [5.41, 5.74) is 3.85. The number of nitrogens with one attached hydrogen (secondary N) is 1. The lowest BCUT2D eigenvalue weighted by atomic mass is 9.72. The van der Waals surface area contributed by atoms with Crippen LogP contribution in [-0.2, 0) is 10.2 Å². The van der Waals surface area contributed by atoms with E-state index in [4.69, 9.17) is 0 Å². The van der Waals surface area contributed by atoms with Gasteiger partial charge in [0.2, 0.25) is 5.91 Å². The fraction of sp³-hybridized carbons (Fsp3) is 0.276. The number of likely N-dealkylation sites (N-methyl/N-ethyl adjacent to an activating group) is 1. The molecule has 4 rings (SSSR count). The lowest BCUT2D eigenvalue weighted by Gasteiger charge is -2.32. The minimum Gasteiger partial charge on any atom is -0.344 e. The molecule has 0 aliphatic heterocycles. The van der Waals surface area contributed by atoms with Gasteiger partial charge in [0.15, 0.2) is 5.78 Å². The highest BCUT2D eigenvalue weighted by Crippen LogP contribution is 2.37. The number of benzene rings is 3. The second kappa shape index (κ2) is 9.64. The van der Waals surface area contributed by atoms with Crippen LogP contribution < -0.4 is 5.32 Å². The molecule has 5 heteroatoms. The van der Waals surface area contributed by atoms with Crippen LogP contribution in [0.1, 0.15) is 70.1 Å². The van der Waals surface area contributed by atoms with Crippen molar-refractivity contribution in [2.75, 3.05) is 13.6 Å². The highest BCUT2D eigenvalue weighted by atomic mass is 16.2. The SMILES string of the molecule is CN(CC(=O)NC(c1ccccc1)c1ccccc1)C(=O)c1ccc2c(c1)C(=O)CCC2(C)C. The maximum atomic E-state index is 13.1. The average molecular weight is 455 g/mol. The molecule has 0 radical (unpaired) electrons. The highest BCUT2D eigenvalue weighted by molar-refractivity contribution is 6.03. The summed E-state index contributed by atoms with van der Waals surface area (Å²) in [7, 11) is 1.60. The molecular weight excluding hydrogens is 424 g/mol. The van der Waals surface area contributed by atoms with Crippen molar-refractivity contribution in [2.24, 2.45) is 0 Å². The molecule has 0 atom stereocenters. The first-order valence-corrected chi connectivity index (χ1v) is 11.6. The number of fused-ring (bicyclic) bond motifs is 1. The quantitative estimate of drug-likeness (QED) is 0.575. The minimum absolute atomic E-state index is 0.0675. The fourth-order valence-corrected chi connectivity index (χ4v) is 4.56. The van der Waals surface area contributed by atoms with Crippen LogP contribution in [0.5, 0.6) is 0 Å². The summed E-state index contributed by atoms with van der Waals surface area (Å²) in [4.78, 5) is 39.9. The van der Waals surface area contributed by atoms with E-state index in [1.807, 2.05) is 66.7 Å². The fourth-order valence-electron chi connectivity index (χ4n) is 4.56. The molecule has 1 N–H and O–H groups in total. The highest BCUT2D eigenvalue weighted by Gasteiger charge is 2.32. The molecular formula is C29H30N2O3. The number of hydrogen-bond donors (Lipinski definition) is 1. The maximum absolute atomic E-state index is 13.1. The minimum atomic E-state index is -0.318. The zero-order chi connectivity index (χ0) is 24.3. The maximum Gasteiger partial charge on any atom is 0.254 e. The summed E-state index contributed by atoms with van der Waals surface area (Å²) in [6.45, 7) is 4.14. The summed E-state index contributed by atoms with van der Waals surface area (Å²) < 4.78 is 0. The van der Waals surface area contributed by atoms with Crippen molar-refractivity contribution in [1.82, 2.24) is 10.2 Å². The van der Waals surface area contributed by atoms with Gasteiger partial charge in [-0.15, -0.1) is 0 Å². The Balaban J connectivity index is 1.49. The number of rotatable bonds is 6. The van der Waals surface area contributed by atoms with Crippen LogP contribution in [0, 0.1) is 0 Å². The van der Waals surface area contributed by atoms with Gasteiger partial charge in [-0.1, -0.05) is 80.6 Å². The van der Waals surface area contributed by atoms with Crippen LogP contribution in [0.4, 0.5) is 0 Å². The van der Waals surface area contributed by atoms with Gasteiger partial charge >= 0.3 is 0 Å². The van der Waals surface area contributed by atoms with E-state index in [2.05, 4.69) is 19.2 Å². The van der Waals surface area contributed by atoms with Crippen LogP contribution in [0.3, 0.4) is 0 Å². The van der Waals surface area contributed by atoms with E-state index in [1.165, 1.54) is 4.90 Å². The van der Waals surface area contributed by atoms with Crippen molar-refractivity contribution in [2.45, 2.75) is 38.1 Å². The van der Waals surface area contributed by atoms with E-state index < -0.39 is 0 Å². The zero-order valence-electron chi connectivity index (χ0n) is 19.9. The number of carbonyl (C=O) groups is 3. The third kappa shape index (κ3) is 4.93. The Morgan fingerprint density at radius 1 is 0.941 bits per heavy atom. The van der Waals surface area contributed by atoms with Crippen molar-refractivity contribution < 1.29 is 14.4 Å². The Kier molecular flexibility index (Phi) is 6.64. The third-order valence-electron chi connectivity index (χ3n) is 6.57. The molecule has 3 aromatic rings. The van der Waals surface area contributed by atoms with Gasteiger partial charge < -0.3 is 10.2 Å². The predicted molar refractivity (Wildman–Crippen MR) is 133 cm³/mol. The van der Waals surface area contributed by atoms with Gasteiger partial charge in [0.1, 0.15) is 0 Å². The first kappa shape index (κ1) is 23.4. The van der Waals surface area contributed by atoms with Gasteiger partial charge in [0.05, 0.1) is 12.6 Å². The number of Topliss-reactive ketones (excluding diaryl/α,β-unsaturated/α-hetero) is 1. The molecule has 0 unspecified atom stereocenters. The summed E-state index contributed by atoms with van der Waals surface area (Å²) >= 11 is 0. The van der Waals surface area contributed by atoms with E-state index in [1.54, 1.807) is 19.2 Å². The molecule has 3 aromatic carbocycles. The smallest absolute Gasteiger partial charge is 0.254 e. The molecule has 0 saturated carbocycles. The molecule has 5 nitrogen and oxygen atoms in total. The van der Waals surface area contributed by atoms with E-state index in [0.29, 0.717) is 17.5 Å². The van der Waals surface area contributed by atoms with Gasteiger partial charge in [-0.25, -0.2) is 0 Å². The number of carbonyl (C=O) groups excluding carboxylic acids is 3. The van der Waals surface area contributed by atoms with Gasteiger partial charge in [0, 0.05) is 24.6 Å². The van der Waals surface area contributed by atoms with Gasteiger partial charge in [-0.05, 0) is 40.7 Å². The molecule has 174 valence electrons.